The third-order valence-corrected chi connectivity index (χ3v) is 8.70. The van der Waals surface area contributed by atoms with Crippen molar-refractivity contribution in [3.63, 3.8) is 0 Å². The highest BCUT2D eigenvalue weighted by molar-refractivity contribution is 6.07. The lowest BCUT2D eigenvalue weighted by molar-refractivity contribution is 0.101. The van der Waals surface area contributed by atoms with Crippen molar-refractivity contribution in [3.8, 4) is 34.3 Å². The Kier molecular flexibility index (Phi) is 9.76. The van der Waals surface area contributed by atoms with Crippen molar-refractivity contribution in [2.24, 2.45) is 14.1 Å². The van der Waals surface area contributed by atoms with Crippen LogP contribution in [-0.2, 0) is 14.1 Å². The van der Waals surface area contributed by atoms with Gasteiger partial charge in [-0.05, 0) is 84.9 Å². The lowest BCUT2D eigenvalue weighted by Gasteiger charge is -2.09. The van der Waals surface area contributed by atoms with Crippen molar-refractivity contribution in [1.29, 1.82) is 0 Å². The third kappa shape index (κ3) is 7.05. The number of benzene rings is 4. The fourth-order valence-electron chi connectivity index (χ4n) is 5.98. The number of hydrogen-bond acceptors (Lipinski definition) is 8. The molecule has 0 radical (unpaired) electrons. The molecule has 0 spiro atoms. The normalized spacial score (nSPS) is 10.8. The van der Waals surface area contributed by atoms with Crippen LogP contribution >= 0.6 is 0 Å². The molecule has 0 saturated heterocycles. The Bertz CT molecular complexity index is 2660. The number of amides is 2. The van der Waals surface area contributed by atoms with Crippen molar-refractivity contribution in [3.05, 3.63) is 145 Å². The van der Waals surface area contributed by atoms with Crippen molar-refractivity contribution >= 4 is 45.3 Å². The molecule has 8 rings (SSSR count). The fourth-order valence-corrected chi connectivity index (χ4v) is 5.98. The van der Waals surface area contributed by atoms with E-state index in [1.807, 2.05) is 35.9 Å². The molecule has 12 nitrogen and oxygen atoms in total. The Morgan fingerprint density at radius 2 is 1.30 bits per heavy atom. The predicted molar refractivity (Wildman–Crippen MR) is 205 cm³/mol. The van der Waals surface area contributed by atoms with Crippen LogP contribution in [0.4, 0.5) is 15.8 Å². The number of carbonyl (C=O) groups is 2. The number of carbonyl (C=O) groups excluding carboxylic acids is 2. The zero-order valence-electron chi connectivity index (χ0n) is 29.4. The smallest absolute Gasteiger partial charge is 0.259 e. The average Bonchev–Trinajstić information content (AvgIpc) is 3.70. The van der Waals surface area contributed by atoms with E-state index in [1.165, 1.54) is 19.4 Å². The molecule has 0 atom stereocenters. The van der Waals surface area contributed by atoms with Crippen LogP contribution in [0.2, 0.25) is 0 Å². The summed E-state index contributed by atoms with van der Waals surface area (Å²) < 4.78 is 23.0. The summed E-state index contributed by atoms with van der Waals surface area (Å²) in [4.78, 5) is 42.0. The van der Waals surface area contributed by atoms with Gasteiger partial charge in [0.25, 0.3) is 11.8 Å². The number of fused-ring (bicyclic) bond motifs is 2. The molecule has 0 bridgehead atoms. The molecule has 0 aliphatic rings. The Balaban J connectivity index is 0.000000167. The molecule has 268 valence electrons. The number of phenolic OH excluding ortho intramolecular Hbond substituents is 1. The summed E-state index contributed by atoms with van der Waals surface area (Å²) in [6.07, 6.45) is 4.88. The lowest BCUT2D eigenvalue weighted by atomic mass is 10.2. The molecule has 0 aliphatic heterocycles. The summed E-state index contributed by atoms with van der Waals surface area (Å²) >= 11 is 0. The van der Waals surface area contributed by atoms with E-state index in [0.29, 0.717) is 39.6 Å². The van der Waals surface area contributed by atoms with Crippen molar-refractivity contribution < 1.29 is 23.8 Å². The summed E-state index contributed by atoms with van der Waals surface area (Å²) in [5, 5.41) is 15.5. The van der Waals surface area contributed by atoms with E-state index in [-0.39, 0.29) is 23.1 Å². The minimum atomic E-state index is -0.578. The van der Waals surface area contributed by atoms with Crippen LogP contribution < -0.4 is 15.4 Å². The SMILES string of the molecule is COc1ccccc1C(=O)Nc1ccc2nc(-c3cccnc3F)n(C)c2c1.Cn1c(-c2cccnc2)nc2ccc(NC(=O)c3ccccc3O)cc21. The van der Waals surface area contributed by atoms with Crippen LogP contribution in [0.15, 0.2) is 128 Å². The van der Waals surface area contributed by atoms with Gasteiger partial charge in [-0.1, -0.05) is 24.3 Å². The summed E-state index contributed by atoms with van der Waals surface area (Å²) in [6.45, 7) is 0. The fraction of sp³-hybridized carbons (Fsp3) is 0.0732. The highest BCUT2D eigenvalue weighted by Crippen LogP contribution is 2.29. The molecule has 3 N–H and O–H groups in total. The van der Waals surface area contributed by atoms with E-state index in [0.717, 1.165) is 27.9 Å². The second-order valence-corrected chi connectivity index (χ2v) is 12.1. The second kappa shape index (κ2) is 15.1. The number of methoxy groups -OCH3 is 1. The summed E-state index contributed by atoms with van der Waals surface area (Å²) in [6, 6.07) is 31.4. The van der Waals surface area contributed by atoms with Gasteiger partial charge in [0.05, 0.1) is 45.9 Å². The molecule has 0 aliphatic carbocycles. The molecule has 4 heterocycles. The third-order valence-electron chi connectivity index (χ3n) is 8.70. The number of imidazole rings is 2. The monoisotopic (exact) mass is 720 g/mol. The molecular formula is C41H33FN8O4. The number of aromatic hydroxyl groups is 1. The maximum Gasteiger partial charge on any atom is 0.259 e. The van der Waals surface area contributed by atoms with Gasteiger partial charge in [-0.3, -0.25) is 14.6 Å². The van der Waals surface area contributed by atoms with Gasteiger partial charge in [0.1, 0.15) is 23.1 Å². The number of pyridine rings is 2. The van der Waals surface area contributed by atoms with Gasteiger partial charge in [-0.15, -0.1) is 0 Å². The highest BCUT2D eigenvalue weighted by Gasteiger charge is 2.17. The van der Waals surface area contributed by atoms with Crippen LogP contribution in [-0.4, -0.2) is 53.1 Å². The van der Waals surface area contributed by atoms with Gasteiger partial charge in [0.2, 0.25) is 5.95 Å². The zero-order chi connectivity index (χ0) is 37.8. The number of rotatable bonds is 7. The number of anilines is 2. The molecule has 4 aromatic heterocycles. The summed E-state index contributed by atoms with van der Waals surface area (Å²) in [5.41, 5.74) is 6.31. The molecule has 54 heavy (non-hydrogen) atoms. The molecule has 2 amide bonds. The number of para-hydroxylation sites is 2. The van der Waals surface area contributed by atoms with Crippen LogP contribution in [0.3, 0.4) is 0 Å². The quantitative estimate of drug-likeness (QED) is 0.142. The van der Waals surface area contributed by atoms with E-state index < -0.39 is 5.95 Å². The molecule has 4 aromatic carbocycles. The van der Waals surface area contributed by atoms with Gasteiger partial charge in [-0.25, -0.2) is 15.0 Å². The van der Waals surface area contributed by atoms with Gasteiger partial charge in [0.15, 0.2) is 0 Å². The predicted octanol–water partition coefficient (Wildman–Crippen LogP) is 7.63. The molecular weight excluding hydrogens is 688 g/mol. The van der Waals surface area contributed by atoms with Crippen molar-refractivity contribution in [1.82, 2.24) is 29.1 Å². The molecule has 0 saturated carbocycles. The number of halogens is 1. The first-order chi connectivity index (χ1) is 26.2. The van der Waals surface area contributed by atoms with Crippen LogP contribution in [0.1, 0.15) is 20.7 Å². The first kappa shape index (κ1) is 35.0. The Hall–Kier alpha value is -7.41. The van der Waals surface area contributed by atoms with E-state index in [1.54, 1.807) is 103 Å². The summed E-state index contributed by atoms with van der Waals surface area (Å²) in [7, 11) is 5.24. The number of nitrogens with one attached hydrogen (secondary N) is 2. The van der Waals surface area contributed by atoms with E-state index in [2.05, 4.69) is 30.6 Å². The maximum atomic E-state index is 14.1. The van der Waals surface area contributed by atoms with Crippen molar-refractivity contribution in [2.45, 2.75) is 0 Å². The van der Waals surface area contributed by atoms with Gasteiger partial charge >= 0.3 is 0 Å². The zero-order valence-corrected chi connectivity index (χ0v) is 29.4. The second-order valence-electron chi connectivity index (χ2n) is 12.1. The molecule has 0 fully saturated rings. The minimum Gasteiger partial charge on any atom is -0.507 e. The highest BCUT2D eigenvalue weighted by atomic mass is 19.1. The Morgan fingerprint density at radius 1 is 0.704 bits per heavy atom. The van der Waals surface area contributed by atoms with Crippen LogP contribution in [0.25, 0.3) is 44.8 Å². The Labute approximate surface area is 308 Å². The number of nitrogens with zero attached hydrogens (tertiary/aromatic N) is 6. The van der Waals surface area contributed by atoms with Crippen molar-refractivity contribution in [2.75, 3.05) is 17.7 Å². The van der Waals surface area contributed by atoms with E-state index >= 15 is 0 Å². The van der Waals surface area contributed by atoms with Crippen LogP contribution in [0.5, 0.6) is 11.5 Å². The summed E-state index contributed by atoms with van der Waals surface area (Å²) in [5.74, 6) is 0.493. The largest absolute Gasteiger partial charge is 0.507 e. The topological polar surface area (TPSA) is 149 Å². The standard InChI is InChI=1S/C21H17FN4O2.C20H16N4O2/c1-26-17-12-13(24-21(27)14-6-3-4-8-18(14)28-2)9-10-16(17)25-20(26)15-7-5-11-23-19(15)22;1-24-17-11-14(22-20(26)15-6-2-3-7-18(15)25)8-9-16(17)23-19(24)13-5-4-10-21-12-13/h3-12H,1-2H3,(H,24,27);2-12,25H,1H3,(H,22,26). The number of hydrogen-bond donors (Lipinski definition) is 3. The van der Waals surface area contributed by atoms with E-state index in [4.69, 9.17) is 4.74 Å². The minimum absolute atomic E-state index is 0.0505. The maximum absolute atomic E-state index is 14.1. The number of aromatic nitrogens is 6. The molecule has 8 aromatic rings. The van der Waals surface area contributed by atoms with Gasteiger partial charge in [-0.2, -0.15) is 4.39 Å². The van der Waals surface area contributed by atoms with Gasteiger partial charge in [0, 0.05) is 49.6 Å². The average molecular weight is 721 g/mol. The lowest BCUT2D eigenvalue weighted by Crippen LogP contribution is -2.13. The number of aryl methyl sites for hydroxylation is 2. The first-order valence-corrected chi connectivity index (χ1v) is 16.7. The molecule has 0 unspecified atom stereocenters. The van der Waals surface area contributed by atoms with Crippen LogP contribution in [0, 0.1) is 5.95 Å². The Morgan fingerprint density at radius 3 is 1.93 bits per heavy atom. The first-order valence-electron chi connectivity index (χ1n) is 16.7. The van der Waals surface area contributed by atoms with Gasteiger partial charge < -0.3 is 29.6 Å². The number of ether oxygens (including phenoxy) is 1. The number of phenols is 1. The van der Waals surface area contributed by atoms with E-state index in [9.17, 15) is 19.1 Å². The molecule has 13 heteroatoms.